The number of aryl methyl sites for hydroxylation is 2. The number of sulfonamides is 1. The summed E-state index contributed by atoms with van der Waals surface area (Å²) in [4.78, 5) is 38.0. The summed E-state index contributed by atoms with van der Waals surface area (Å²) in [6.07, 6.45) is 0. The van der Waals surface area contributed by atoms with Gasteiger partial charge in [0.05, 0.1) is 34.7 Å². The Bertz CT molecular complexity index is 1260. The Morgan fingerprint density at radius 1 is 1.21 bits per heavy atom. The molecule has 1 unspecified atom stereocenters. The third-order valence-corrected chi connectivity index (χ3v) is 7.72. The molecule has 3 rings (SSSR count). The van der Waals surface area contributed by atoms with Gasteiger partial charge in [0.1, 0.15) is 11.9 Å². The van der Waals surface area contributed by atoms with Crippen LogP contribution in [0, 0.1) is 31.5 Å². The van der Waals surface area contributed by atoms with Crippen LogP contribution in [-0.4, -0.2) is 38.9 Å². The van der Waals surface area contributed by atoms with Gasteiger partial charge in [-0.2, -0.15) is 0 Å². The largest absolute Gasteiger partial charge is 0.466 e. The summed E-state index contributed by atoms with van der Waals surface area (Å²) in [6, 6.07) is 6.68. The van der Waals surface area contributed by atoms with Crippen LogP contribution < -0.4 is 15.4 Å². The molecule has 3 N–H and O–H groups in total. The number of nitrogens with two attached hydrogens (primary N) is 1. The summed E-state index contributed by atoms with van der Waals surface area (Å²) in [5.74, 6) is -6.05. The Morgan fingerprint density at radius 3 is 2.47 bits per heavy atom. The number of nitrogens with zero attached hydrogens (tertiary/aromatic N) is 1. The average Bonchev–Trinajstić information content (AvgIpc) is 2.76. The van der Waals surface area contributed by atoms with E-state index in [-0.39, 0.29) is 34.0 Å². The minimum Gasteiger partial charge on any atom is -0.466 e. The van der Waals surface area contributed by atoms with E-state index in [0.717, 1.165) is 10.4 Å². The van der Waals surface area contributed by atoms with E-state index in [1.807, 2.05) is 0 Å². The van der Waals surface area contributed by atoms with Crippen molar-refractivity contribution in [3.8, 4) is 0 Å². The number of carbonyl (C=O) groups excluding carboxylic acids is 3. The van der Waals surface area contributed by atoms with Crippen LogP contribution in [0.2, 0.25) is 0 Å². The molecule has 0 aromatic heterocycles. The Labute approximate surface area is 197 Å². The van der Waals surface area contributed by atoms with E-state index in [1.165, 1.54) is 39.0 Å². The van der Waals surface area contributed by atoms with Crippen LogP contribution in [0.4, 0.5) is 15.8 Å². The molecule has 0 saturated heterocycles. The minimum atomic E-state index is -4.53. The fourth-order valence-corrected chi connectivity index (χ4v) is 6.00. The van der Waals surface area contributed by atoms with Gasteiger partial charge in [-0.05, 0) is 56.2 Å². The van der Waals surface area contributed by atoms with Crippen LogP contribution in [0.15, 0.2) is 41.3 Å². The van der Waals surface area contributed by atoms with Gasteiger partial charge in [-0.15, -0.1) is 0 Å². The molecule has 2 aromatic rings. The molecule has 0 saturated carbocycles. The normalized spacial score (nSPS) is 17.4. The molecule has 0 aliphatic carbocycles. The van der Waals surface area contributed by atoms with Crippen molar-refractivity contribution in [3.05, 3.63) is 53.3 Å². The van der Waals surface area contributed by atoms with E-state index in [1.54, 1.807) is 19.1 Å². The number of para-hydroxylation sites is 2. The van der Waals surface area contributed by atoms with Gasteiger partial charge in [-0.3, -0.25) is 18.7 Å². The van der Waals surface area contributed by atoms with Crippen molar-refractivity contribution in [2.24, 2.45) is 17.6 Å². The molecule has 0 fully saturated rings. The molecule has 0 bridgehead atoms. The lowest BCUT2D eigenvalue weighted by atomic mass is 9.84. The average molecular weight is 492 g/mol. The highest BCUT2D eigenvalue weighted by Gasteiger charge is 2.50. The van der Waals surface area contributed by atoms with Gasteiger partial charge in [-0.25, -0.2) is 12.8 Å². The van der Waals surface area contributed by atoms with Gasteiger partial charge in [0, 0.05) is 0 Å². The predicted molar refractivity (Wildman–Crippen MR) is 123 cm³/mol. The molecular formula is C23H26FN3O6S. The lowest BCUT2D eigenvalue weighted by molar-refractivity contribution is -0.152. The minimum absolute atomic E-state index is 0.0183. The zero-order valence-corrected chi connectivity index (χ0v) is 20.0. The first kappa shape index (κ1) is 25.2. The van der Waals surface area contributed by atoms with Gasteiger partial charge < -0.3 is 15.8 Å². The van der Waals surface area contributed by atoms with E-state index in [2.05, 4.69) is 5.32 Å². The summed E-state index contributed by atoms with van der Waals surface area (Å²) in [5, 5.41) is 2.59. The molecule has 9 nitrogen and oxygen atoms in total. The molecule has 11 heteroatoms. The molecule has 1 aliphatic rings. The highest BCUT2D eigenvalue weighted by Crippen LogP contribution is 2.40. The van der Waals surface area contributed by atoms with Crippen LogP contribution in [-0.2, 0) is 29.1 Å². The van der Waals surface area contributed by atoms with Crippen molar-refractivity contribution in [1.29, 1.82) is 0 Å². The third kappa shape index (κ3) is 4.35. The molecule has 0 radical (unpaired) electrons. The molecule has 34 heavy (non-hydrogen) atoms. The lowest BCUT2D eigenvalue weighted by Gasteiger charge is -2.41. The topological polar surface area (TPSA) is 136 Å². The third-order valence-electron chi connectivity index (χ3n) is 5.78. The van der Waals surface area contributed by atoms with E-state index in [9.17, 15) is 27.2 Å². The predicted octanol–water partition coefficient (Wildman–Crippen LogP) is 2.26. The summed E-state index contributed by atoms with van der Waals surface area (Å²) >= 11 is 0. The Morgan fingerprint density at radius 2 is 1.85 bits per heavy atom. The van der Waals surface area contributed by atoms with E-state index < -0.39 is 51.5 Å². The van der Waals surface area contributed by atoms with Crippen molar-refractivity contribution in [2.75, 3.05) is 16.2 Å². The fraction of sp³-hybridized carbons (Fsp3) is 0.348. The number of benzene rings is 2. The van der Waals surface area contributed by atoms with Crippen molar-refractivity contribution in [2.45, 2.75) is 38.6 Å². The van der Waals surface area contributed by atoms with Gasteiger partial charge in [0.25, 0.3) is 10.0 Å². The fourth-order valence-electron chi connectivity index (χ4n) is 4.06. The lowest BCUT2D eigenvalue weighted by Crippen LogP contribution is -2.59. The molecular weight excluding hydrogens is 465 g/mol. The van der Waals surface area contributed by atoms with Crippen molar-refractivity contribution >= 4 is 39.2 Å². The summed E-state index contributed by atoms with van der Waals surface area (Å²) in [7, 11) is -4.53. The maximum Gasteiger partial charge on any atom is 0.309 e. The number of fused-ring (bicyclic) bond motifs is 1. The van der Waals surface area contributed by atoms with Crippen molar-refractivity contribution < 1.29 is 31.9 Å². The SMILES string of the molecule is CCOC(=O)[C@@H](C)C(C(N)=O)[C@@H]1C(=O)Nc2ccccc2N1S(=O)(=O)c1cc(C)c(F)cc1C. The number of nitrogens with one attached hydrogen (secondary N) is 1. The van der Waals surface area contributed by atoms with Gasteiger partial charge in [-0.1, -0.05) is 19.1 Å². The van der Waals surface area contributed by atoms with Gasteiger partial charge in [0.15, 0.2) is 0 Å². The van der Waals surface area contributed by atoms with Crippen molar-refractivity contribution in [3.63, 3.8) is 0 Å². The molecule has 1 heterocycles. The summed E-state index contributed by atoms with van der Waals surface area (Å²) < 4.78 is 47.9. The van der Waals surface area contributed by atoms with E-state index >= 15 is 0 Å². The van der Waals surface area contributed by atoms with Crippen LogP contribution in [0.3, 0.4) is 0 Å². The first-order chi connectivity index (χ1) is 15.9. The number of carbonyl (C=O) groups is 3. The Balaban J connectivity index is 2.29. The standard InChI is InChI=1S/C23H26FN3O6S/c1-5-33-23(30)14(4)19(21(25)28)20-22(29)26-16-8-6-7-9-17(16)27(20)34(31,32)18-11-12(2)15(24)10-13(18)3/h6-11,14,19-20H,5H2,1-4H3,(H2,25,28)(H,26,29)/t14-,19?,20+/m0/s1. The van der Waals surface area contributed by atoms with E-state index in [0.29, 0.717) is 0 Å². The monoisotopic (exact) mass is 491 g/mol. The Kier molecular flexibility index (Phi) is 6.97. The molecule has 182 valence electrons. The maximum atomic E-state index is 14.1. The first-order valence-electron chi connectivity index (χ1n) is 10.6. The number of rotatable bonds is 7. The van der Waals surface area contributed by atoms with Crippen LogP contribution in [0.25, 0.3) is 0 Å². The number of ether oxygens (including phenoxy) is 1. The molecule has 1 aliphatic heterocycles. The molecule has 2 amide bonds. The number of anilines is 2. The highest BCUT2D eigenvalue weighted by molar-refractivity contribution is 7.93. The van der Waals surface area contributed by atoms with Crippen LogP contribution in [0.5, 0.6) is 0 Å². The second-order valence-corrected chi connectivity index (χ2v) is 9.87. The summed E-state index contributed by atoms with van der Waals surface area (Å²) in [6.45, 7) is 5.78. The number of primary amides is 1. The second kappa shape index (κ2) is 9.41. The number of amides is 2. The highest BCUT2D eigenvalue weighted by atomic mass is 32.2. The summed E-state index contributed by atoms with van der Waals surface area (Å²) in [5.41, 5.74) is 6.07. The maximum absolute atomic E-state index is 14.1. The molecule has 0 spiro atoms. The second-order valence-electron chi connectivity index (χ2n) is 8.09. The zero-order chi connectivity index (χ0) is 25.4. The van der Waals surface area contributed by atoms with Crippen LogP contribution >= 0.6 is 0 Å². The Hall–Kier alpha value is -3.47. The van der Waals surface area contributed by atoms with Gasteiger partial charge in [0.2, 0.25) is 11.8 Å². The number of hydrogen-bond donors (Lipinski definition) is 2. The van der Waals surface area contributed by atoms with E-state index in [4.69, 9.17) is 10.5 Å². The zero-order valence-electron chi connectivity index (χ0n) is 19.2. The first-order valence-corrected chi connectivity index (χ1v) is 12.0. The van der Waals surface area contributed by atoms with Gasteiger partial charge >= 0.3 is 5.97 Å². The smallest absolute Gasteiger partial charge is 0.309 e. The quantitative estimate of drug-likeness (QED) is 0.570. The number of hydrogen-bond acceptors (Lipinski definition) is 6. The number of esters is 1. The van der Waals surface area contributed by atoms with Crippen LogP contribution in [0.1, 0.15) is 25.0 Å². The number of halogens is 1. The molecule has 2 aromatic carbocycles. The molecule has 3 atom stereocenters. The van der Waals surface area contributed by atoms with Crippen molar-refractivity contribution in [1.82, 2.24) is 0 Å².